The Labute approximate surface area is 180 Å². The maximum atomic E-state index is 14.5. The van der Waals surface area contributed by atoms with E-state index in [9.17, 15) is 22.4 Å². The first-order valence-electron chi connectivity index (χ1n) is 10.1. The number of halogens is 4. The summed E-state index contributed by atoms with van der Waals surface area (Å²) in [6.45, 7) is 1.11. The molecule has 11 heteroatoms. The van der Waals surface area contributed by atoms with Crippen molar-refractivity contribution in [2.45, 2.75) is 18.6 Å². The summed E-state index contributed by atoms with van der Waals surface area (Å²) in [5.41, 5.74) is -0.749. The van der Waals surface area contributed by atoms with Crippen molar-refractivity contribution in [1.82, 2.24) is 24.9 Å². The van der Waals surface area contributed by atoms with Crippen molar-refractivity contribution in [1.29, 1.82) is 0 Å². The number of benzene rings is 1. The van der Waals surface area contributed by atoms with E-state index in [1.807, 2.05) is 0 Å². The number of rotatable bonds is 3. The van der Waals surface area contributed by atoms with Gasteiger partial charge in [0.2, 0.25) is 0 Å². The molecule has 2 atom stereocenters. The lowest BCUT2D eigenvalue weighted by Gasteiger charge is -2.53. The van der Waals surface area contributed by atoms with Crippen LogP contribution < -0.4 is 4.90 Å². The highest BCUT2D eigenvalue weighted by Crippen LogP contribution is 2.40. The normalized spacial score (nSPS) is 20.6. The molecule has 5 rings (SSSR count). The molecule has 2 aliphatic heterocycles. The van der Waals surface area contributed by atoms with Crippen LogP contribution in [0.3, 0.4) is 0 Å². The van der Waals surface area contributed by atoms with E-state index < -0.39 is 23.5 Å². The van der Waals surface area contributed by atoms with Gasteiger partial charge in [0.15, 0.2) is 5.82 Å². The first kappa shape index (κ1) is 20.4. The van der Waals surface area contributed by atoms with E-state index in [-0.39, 0.29) is 35.6 Å². The number of carbonyl (C=O) groups excluding carboxylic acids is 1. The van der Waals surface area contributed by atoms with Crippen LogP contribution >= 0.6 is 0 Å². The SMILES string of the molecule is O=C(c1cccc(F)c1-n1nccn1)N1C[C@H]2CCN(c3ncccc3C(F)(F)F)C[C@H]21. The van der Waals surface area contributed by atoms with Crippen molar-refractivity contribution in [3.8, 4) is 5.69 Å². The van der Waals surface area contributed by atoms with Crippen molar-refractivity contribution in [3.05, 3.63) is 65.9 Å². The molecule has 7 nitrogen and oxygen atoms in total. The average Bonchev–Trinajstić information content (AvgIpc) is 3.28. The number of piperidine rings is 1. The highest BCUT2D eigenvalue weighted by molar-refractivity contribution is 5.98. The third-order valence-corrected chi connectivity index (χ3v) is 6.04. The predicted molar refractivity (Wildman–Crippen MR) is 106 cm³/mol. The molecule has 2 aromatic heterocycles. The van der Waals surface area contributed by atoms with Crippen molar-refractivity contribution in [2.75, 3.05) is 24.5 Å². The Morgan fingerprint density at radius 2 is 1.81 bits per heavy atom. The van der Waals surface area contributed by atoms with Gasteiger partial charge in [0, 0.05) is 31.7 Å². The van der Waals surface area contributed by atoms with E-state index in [0.29, 0.717) is 19.5 Å². The fourth-order valence-corrected chi connectivity index (χ4v) is 4.47. The minimum absolute atomic E-state index is 0.0531. The number of nitrogens with zero attached hydrogens (tertiary/aromatic N) is 6. The molecular weight excluding hydrogens is 428 g/mol. The van der Waals surface area contributed by atoms with Crippen molar-refractivity contribution >= 4 is 11.7 Å². The monoisotopic (exact) mass is 446 g/mol. The number of carbonyl (C=O) groups is 1. The van der Waals surface area contributed by atoms with Gasteiger partial charge in [-0.1, -0.05) is 6.07 Å². The first-order chi connectivity index (χ1) is 15.3. The second-order valence-corrected chi connectivity index (χ2v) is 7.85. The molecule has 1 amide bonds. The Morgan fingerprint density at radius 1 is 1.03 bits per heavy atom. The second-order valence-electron chi connectivity index (χ2n) is 7.85. The Kier molecular flexibility index (Phi) is 4.83. The summed E-state index contributed by atoms with van der Waals surface area (Å²) in [6.07, 6.45) is 0.202. The van der Waals surface area contributed by atoms with E-state index in [1.54, 1.807) is 9.80 Å². The van der Waals surface area contributed by atoms with Gasteiger partial charge >= 0.3 is 6.18 Å². The van der Waals surface area contributed by atoms with E-state index in [1.165, 1.54) is 42.9 Å². The number of pyridine rings is 1. The Morgan fingerprint density at radius 3 is 2.56 bits per heavy atom. The van der Waals surface area contributed by atoms with Gasteiger partial charge in [0.25, 0.3) is 5.91 Å². The van der Waals surface area contributed by atoms with Crippen LogP contribution in [0.4, 0.5) is 23.4 Å². The van der Waals surface area contributed by atoms with E-state index in [2.05, 4.69) is 15.2 Å². The Bertz CT molecular complexity index is 1150. The Hall–Kier alpha value is -3.50. The van der Waals surface area contributed by atoms with Gasteiger partial charge in [-0.25, -0.2) is 9.37 Å². The van der Waals surface area contributed by atoms with Crippen LogP contribution in [0.1, 0.15) is 22.3 Å². The maximum Gasteiger partial charge on any atom is 0.419 e. The predicted octanol–water partition coefficient (Wildman–Crippen LogP) is 3.17. The van der Waals surface area contributed by atoms with Gasteiger partial charge in [0.05, 0.1) is 29.6 Å². The van der Waals surface area contributed by atoms with E-state index in [4.69, 9.17) is 0 Å². The summed E-state index contributed by atoms with van der Waals surface area (Å²) in [4.78, 5) is 21.5. The van der Waals surface area contributed by atoms with Crippen LogP contribution in [0.25, 0.3) is 5.69 Å². The minimum atomic E-state index is -4.53. The molecule has 2 saturated heterocycles. The molecule has 1 aromatic carbocycles. The minimum Gasteiger partial charge on any atom is -0.354 e. The standard InChI is InChI=1S/C21H18F4N6O/c22-16-5-1-3-14(18(16)31-27-8-9-28-31)20(32)30-11-13-6-10-29(12-17(13)30)19-15(21(23,24)25)4-2-7-26-19/h1-5,7-9,13,17H,6,10-12H2/t13-,17-/m1/s1. The molecule has 0 aliphatic carbocycles. The molecular formula is C21H18F4N6O. The van der Waals surface area contributed by atoms with Crippen molar-refractivity contribution in [3.63, 3.8) is 0 Å². The summed E-state index contributed by atoms with van der Waals surface area (Å²) >= 11 is 0. The van der Waals surface area contributed by atoms with Gasteiger partial charge in [-0.2, -0.15) is 23.4 Å². The van der Waals surface area contributed by atoms with Gasteiger partial charge in [-0.3, -0.25) is 4.79 Å². The smallest absolute Gasteiger partial charge is 0.354 e. The lowest BCUT2D eigenvalue weighted by Crippen LogP contribution is -2.66. The molecule has 2 aliphatic rings. The summed E-state index contributed by atoms with van der Waals surface area (Å²) in [7, 11) is 0. The van der Waals surface area contributed by atoms with Gasteiger partial charge in [0.1, 0.15) is 11.5 Å². The van der Waals surface area contributed by atoms with Crippen LogP contribution in [0.15, 0.2) is 48.9 Å². The zero-order chi connectivity index (χ0) is 22.5. The quantitative estimate of drug-likeness (QED) is 0.579. The molecule has 0 N–H and O–H groups in total. The largest absolute Gasteiger partial charge is 0.419 e. The molecule has 2 fully saturated rings. The summed E-state index contributed by atoms with van der Waals surface area (Å²) in [5, 5.41) is 7.86. The van der Waals surface area contributed by atoms with Crippen molar-refractivity contribution < 1.29 is 22.4 Å². The molecule has 0 spiro atoms. The highest BCUT2D eigenvalue weighted by Gasteiger charge is 2.47. The second kappa shape index (κ2) is 7.57. The summed E-state index contributed by atoms with van der Waals surface area (Å²) in [5.74, 6) is -1.01. The molecule has 0 saturated carbocycles. The van der Waals surface area contributed by atoms with Crippen LogP contribution in [0.5, 0.6) is 0 Å². The van der Waals surface area contributed by atoms with Crippen LogP contribution in [0, 0.1) is 11.7 Å². The number of anilines is 1. The fourth-order valence-electron chi connectivity index (χ4n) is 4.47. The molecule has 0 radical (unpaired) electrons. The summed E-state index contributed by atoms with van der Waals surface area (Å²) in [6, 6.07) is 6.13. The van der Waals surface area contributed by atoms with Crippen LogP contribution in [-0.2, 0) is 6.18 Å². The topological polar surface area (TPSA) is 67.2 Å². The molecule has 4 heterocycles. The zero-order valence-corrected chi connectivity index (χ0v) is 16.7. The number of hydrogen-bond acceptors (Lipinski definition) is 5. The van der Waals surface area contributed by atoms with Gasteiger partial charge in [-0.15, -0.1) is 4.80 Å². The van der Waals surface area contributed by atoms with Crippen LogP contribution in [-0.4, -0.2) is 56.5 Å². The molecule has 32 heavy (non-hydrogen) atoms. The number of aromatic nitrogens is 4. The van der Waals surface area contributed by atoms with Gasteiger partial charge < -0.3 is 9.80 Å². The number of likely N-dealkylation sites (tertiary alicyclic amines) is 1. The third-order valence-electron chi connectivity index (χ3n) is 6.04. The lowest BCUT2D eigenvalue weighted by atomic mass is 9.81. The number of hydrogen-bond donors (Lipinski definition) is 0. The number of para-hydroxylation sites is 1. The highest BCUT2D eigenvalue weighted by atomic mass is 19.4. The maximum absolute atomic E-state index is 14.5. The van der Waals surface area contributed by atoms with Crippen molar-refractivity contribution in [2.24, 2.45) is 5.92 Å². The number of amides is 1. The number of fused-ring (bicyclic) bond motifs is 1. The average molecular weight is 446 g/mol. The molecule has 0 unspecified atom stereocenters. The van der Waals surface area contributed by atoms with Gasteiger partial charge in [-0.05, 0) is 30.7 Å². The molecule has 166 valence electrons. The molecule has 0 bridgehead atoms. The number of alkyl halides is 3. The summed E-state index contributed by atoms with van der Waals surface area (Å²) < 4.78 is 54.9. The lowest BCUT2D eigenvalue weighted by molar-refractivity contribution is -0.137. The van der Waals surface area contributed by atoms with E-state index in [0.717, 1.165) is 10.9 Å². The third kappa shape index (κ3) is 3.37. The fraction of sp³-hybridized carbons (Fsp3) is 0.333. The van der Waals surface area contributed by atoms with E-state index >= 15 is 0 Å². The first-order valence-corrected chi connectivity index (χ1v) is 10.1. The molecule has 3 aromatic rings. The Balaban J connectivity index is 1.42. The zero-order valence-electron chi connectivity index (χ0n) is 16.7. The van der Waals surface area contributed by atoms with Crippen LogP contribution in [0.2, 0.25) is 0 Å².